The molecule has 5 nitrogen and oxygen atoms in total. The number of likely N-dealkylation sites (tertiary alicyclic amines) is 1. The third kappa shape index (κ3) is 2.60. The van der Waals surface area contributed by atoms with Gasteiger partial charge in [-0.3, -0.25) is 4.79 Å². The third-order valence-electron chi connectivity index (χ3n) is 4.26. The molecule has 3 aliphatic rings. The molecule has 0 aromatic rings. The summed E-state index contributed by atoms with van der Waals surface area (Å²) in [7, 11) is 0. The first-order valence-corrected chi connectivity index (χ1v) is 6.90. The summed E-state index contributed by atoms with van der Waals surface area (Å²) in [6.45, 7) is 1.19. The van der Waals surface area contributed by atoms with Crippen molar-refractivity contribution < 1.29 is 14.7 Å². The van der Waals surface area contributed by atoms with Crippen molar-refractivity contribution in [3.63, 3.8) is 0 Å². The predicted octanol–water partition coefficient (Wildman–Crippen LogP) is 1.29. The number of carbonyl (C=O) groups excluding carboxylic acids is 1. The van der Waals surface area contributed by atoms with Gasteiger partial charge in [0, 0.05) is 25.0 Å². The monoisotopic (exact) mass is 252 g/mol. The average Bonchev–Trinajstić information content (AvgIpc) is 3.12. The lowest BCUT2D eigenvalue weighted by atomic mass is 9.97. The minimum atomic E-state index is -0.770. The molecule has 0 aromatic heterocycles. The Morgan fingerprint density at radius 3 is 2.17 bits per heavy atom. The molecule has 2 saturated carbocycles. The van der Waals surface area contributed by atoms with Crippen LogP contribution < -0.4 is 5.32 Å². The van der Waals surface area contributed by atoms with Gasteiger partial charge in [0.25, 0.3) is 0 Å². The zero-order valence-corrected chi connectivity index (χ0v) is 10.5. The Morgan fingerprint density at radius 2 is 1.72 bits per heavy atom. The fourth-order valence-corrected chi connectivity index (χ4v) is 2.88. The van der Waals surface area contributed by atoms with Gasteiger partial charge < -0.3 is 15.3 Å². The number of carbonyl (C=O) groups is 2. The fraction of sp³-hybridized carbons (Fsp3) is 0.846. The van der Waals surface area contributed by atoms with Crippen molar-refractivity contribution in [3.05, 3.63) is 0 Å². The molecule has 1 heterocycles. The van der Waals surface area contributed by atoms with Crippen LogP contribution in [0.15, 0.2) is 0 Å². The quantitative estimate of drug-likeness (QED) is 0.774. The molecule has 0 aromatic carbocycles. The maximum atomic E-state index is 12.0. The number of carboxylic acids is 1. The molecule has 2 aliphatic carbocycles. The smallest absolute Gasteiger partial charge is 0.317 e. The Morgan fingerprint density at radius 1 is 1.17 bits per heavy atom. The molecular formula is C13H20N2O3. The van der Waals surface area contributed by atoms with Gasteiger partial charge in [0.2, 0.25) is 0 Å². The number of hydrogen-bond donors (Lipinski definition) is 2. The zero-order valence-electron chi connectivity index (χ0n) is 10.5. The summed E-state index contributed by atoms with van der Waals surface area (Å²) in [4.78, 5) is 24.3. The zero-order chi connectivity index (χ0) is 12.7. The Kier molecular flexibility index (Phi) is 2.92. The summed E-state index contributed by atoms with van der Waals surface area (Å²) in [6, 6.07) is 0.400. The lowest BCUT2D eigenvalue weighted by Gasteiger charge is -2.39. The number of carboxylic acid groups (broad SMARTS) is 1. The van der Waals surface area contributed by atoms with Crippen LogP contribution in [0.25, 0.3) is 0 Å². The molecule has 2 N–H and O–H groups in total. The van der Waals surface area contributed by atoms with Crippen LogP contribution in [-0.2, 0) is 4.79 Å². The van der Waals surface area contributed by atoms with Crippen LogP contribution in [0.3, 0.4) is 0 Å². The summed E-state index contributed by atoms with van der Waals surface area (Å²) < 4.78 is 0. The first-order chi connectivity index (χ1) is 8.63. The maximum absolute atomic E-state index is 12.0. The van der Waals surface area contributed by atoms with Crippen LogP contribution in [0.2, 0.25) is 0 Å². The van der Waals surface area contributed by atoms with E-state index in [2.05, 4.69) is 5.32 Å². The summed E-state index contributed by atoms with van der Waals surface area (Å²) >= 11 is 0. The second kappa shape index (κ2) is 4.44. The van der Waals surface area contributed by atoms with Crippen LogP contribution in [0.4, 0.5) is 4.79 Å². The number of amides is 2. The molecule has 0 bridgehead atoms. The van der Waals surface area contributed by atoms with Crippen LogP contribution in [-0.4, -0.2) is 41.1 Å². The minimum Gasteiger partial charge on any atom is -0.481 e. The van der Waals surface area contributed by atoms with Gasteiger partial charge in [-0.2, -0.15) is 0 Å². The standard InChI is InChI=1S/C13H20N2O3/c16-11(17)5-8-6-15(7-8)13(18)14-12(9-1-2-9)10-3-4-10/h8-10,12H,1-7H2,(H,14,18)(H,16,17). The molecule has 100 valence electrons. The number of urea groups is 1. The van der Waals surface area contributed by atoms with Gasteiger partial charge in [-0.1, -0.05) is 0 Å². The molecule has 1 aliphatic heterocycles. The van der Waals surface area contributed by atoms with Crippen molar-refractivity contribution in [2.75, 3.05) is 13.1 Å². The SMILES string of the molecule is O=C(O)CC1CN(C(=O)NC(C2CC2)C2CC2)C1. The second-order valence-electron chi connectivity index (χ2n) is 6.02. The van der Waals surface area contributed by atoms with E-state index in [9.17, 15) is 9.59 Å². The highest BCUT2D eigenvalue weighted by molar-refractivity contribution is 5.76. The van der Waals surface area contributed by atoms with E-state index >= 15 is 0 Å². The first-order valence-electron chi connectivity index (χ1n) is 6.90. The third-order valence-corrected chi connectivity index (χ3v) is 4.26. The normalized spacial score (nSPS) is 23.9. The molecule has 3 rings (SSSR count). The molecule has 0 spiro atoms. The van der Waals surface area contributed by atoms with Gasteiger partial charge >= 0.3 is 12.0 Å². The number of rotatable bonds is 5. The summed E-state index contributed by atoms with van der Waals surface area (Å²) in [6.07, 6.45) is 5.19. The molecular weight excluding hydrogens is 232 g/mol. The highest BCUT2D eigenvalue weighted by Gasteiger charge is 2.43. The molecule has 0 unspecified atom stereocenters. The molecule has 0 atom stereocenters. The molecule has 0 radical (unpaired) electrons. The largest absolute Gasteiger partial charge is 0.481 e. The van der Waals surface area contributed by atoms with Crippen molar-refractivity contribution >= 4 is 12.0 Å². The summed E-state index contributed by atoms with van der Waals surface area (Å²) in [5, 5.41) is 11.8. The van der Waals surface area contributed by atoms with Crippen LogP contribution in [0.1, 0.15) is 32.1 Å². The van der Waals surface area contributed by atoms with E-state index in [1.807, 2.05) is 0 Å². The van der Waals surface area contributed by atoms with E-state index in [4.69, 9.17) is 5.11 Å². The Hall–Kier alpha value is -1.26. The molecule has 1 saturated heterocycles. The fourth-order valence-electron chi connectivity index (χ4n) is 2.88. The highest BCUT2D eigenvalue weighted by Crippen LogP contribution is 2.44. The average molecular weight is 252 g/mol. The molecule has 5 heteroatoms. The van der Waals surface area contributed by atoms with Crippen molar-refractivity contribution in [1.82, 2.24) is 10.2 Å². The second-order valence-corrected chi connectivity index (χ2v) is 6.02. The molecule has 3 fully saturated rings. The Balaban J connectivity index is 1.43. The minimum absolute atomic E-state index is 0.0143. The summed E-state index contributed by atoms with van der Waals surface area (Å²) in [5.41, 5.74) is 0. The van der Waals surface area contributed by atoms with E-state index in [1.165, 1.54) is 25.7 Å². The van der Waals surface area contributed by atoms with E-state index in [0.717, 1.165) is 0 Å². The lowest BCUT2D eigenvalue weighted by molar-refractivity contribution is -0.139. The van der Waals surface area contributed by atoms with Gasteiger partial charge in [-0.05, 0) is 37.5 Å². The Bertz CT molecular complexity index is 345. The van der Waals surface area contributed by atoms with Gasteiger partial charge in [-0.25, -0.2) is 4.79 Å². The molecule has 2 amide bonds. The topological polar surface area (TPSA) is 69.6 Å². The number of aliphatic carboxylic acids is 1. The van der Waals surface area contributed by atoms with Crippen molar-refractivity contribution in [3.8, 4) is 0 Å². The Labute approximate surface area is 107 Å². The number of nitrogens with one attached hydrogen (secondary N) is 1. The van der Waals surface area contributed by atoms with E-state index in [0.29, 0.717) is 31.0 Å². The maximum Gasteiger partial charge on any atom is 0.317 e. The van der Waals surface area contributed by atoms with Gasteiger partial charge in [0.05, 0.1) is 6.42 Å². The van der Waals surface area contributed by atoms with Crippen LogP contribution in [0.5, 0.6) is 0 Å². The van der Waals surface area contributed by atoms with Crippen LogP contribution in [0, 0.1) is 17.8 Å². The van der Waals surface area contributed by atoms with Crippen molar-refractivity contribution in [2.24, 2.45) is 17.8 Å². The van der Waals surface area contributed by atoms with E-state index < -0.39 is 5.97 Å². The highest BCUT2D eigenvalue weighted by atomic mass is 16.4. The van der Waals surface area contributed by atoms with Gasteiger partial charge in [-0.15, -0.1) is 0 Å². The van der Waals surface area contributed by atoms with Crippen molar-refractivity contribution in [2.45, 2.75) is 38.1 Å². The number of hydrogen-bond acceptors (Lipinski definition) is 2. The van der Waals surface area contributed by atoms with Crippen molar-refractivity contribution in [1.29, 1.82) is 0 Å². The number of nitrogens with zero attached hydrogens (tertiary/aromatic N) is 1. The first kappa shape index (κ1) is 11.8. The van der Waals surface area contributed by atoms with Gasteiger partial charge in [0.1, 0.15) is 0 Å². The van der Waals surface area contributed by atoms with E-state index in [1.54, 1.807) is 4.90 Å². The predicted molar refractivity (Wildman–Crippen MR) is 65.1 cm³/mol. The summed E-state index contributed by atoms with van der Waals surface area (Å²) in [5.74, 6) is 0.789. The van der Waals surface area contributed by atoms with Gasteiger partial charge in [0.15, 0.2) is 0 Å². The lowest BCUT2D eigenvalue weighted by Crippen LogP contribution is -2.56. The van der Waals surface area contributed by atoms with E-state index in [-0.39, 0.29) is 18.4 Å². The molecule has 18 heavy (non-hydrogen) atoms. The van der Waals surface area contributed by atoms with Crippen LogP contribution >= 0.6 is 0 Å².